The van der Waals surface area contributed by atoms with Crippen molar-refractivity contribution in [3.8, 4) is 0 Å². The molecular formula is C12H18N5O5P. The SMILES string of the molecule is Nc1nc2c(ncn2C[C@@]2(CO)C[C@@H]2CCP(=O)(O)O)c(=O)[nH]1. The number of nitrogen functional groups attached to an aromatic ring is 1. The maximum absolute atomic E-state index is 11.8. The summed E-state index contributed by atoms with van der Waals surface area (Å²) in [6.07, 6.45) is 2.26. The van der Waals surface area contributed by atoms with Crippen molar-refractivity contribution in [2.75, 3.05) is 18.5 Å². The van der Waals surface area contributed by atoms with E-state index in [-0.39, 0.29) is 30.2 Å². The third-order valence-corrected chi connectivity index (χ3v) is 5.26. The van der Waals surface area contributed by atoms with E-state index in [0.29, 0.717) is 25.0 Å². The van der Waals surface area contributed by atoms with Crippen LogP contribution in [0.4, 0.5) is 5.95 Å². The molecule has 2 atom stereocenters. The second-order valence-electron chi connectivity index (χ2n) is 6.09. The van der Waals surface area contributed by atoms with E-state index in [4.69, 9.17) is 15.5 Å². The molecule has 11 heteroatoms. The predicted octanol–water partition coefficient (Wildman–Crippen LogP) is -0.732. The highest BCUT2D eigenvalue weighted by Crippen LogP contribution is 2.57. The third kappa shape index (κ3) is 3.16. The van der Waals surface area contributed by atoms with Gasteiger partial charge in [-0.3, -0.25) is 14.3 Å². The Morgan fingerprint density at radius 2 is 2.26 bits per heavy atom. The minimum atomic E-state index is -4.04. The zero-order valence-corrected chi connectivity index (χ0v) is 13.1. The van der Waals surface area contributed by atoms with E-state index in [1.54, 1.807) is 4.57 Å². The Balaban J connectivity index is 1.81. The fraction of sp³-hybridized carbons (Fsp3) is 0.583. The van der Waals surface area contributed by atoms with E-state index >= 15 is 0 Å². The predicted molar refractivity (Wildman–Crippen MR) is 81.7 cm³/mol. The van der Waals surface area contributed by atoms with Crippen molar-refractivity contribution in [1.82, 2.24) is 19.5 Å². The first-order chi connectivity index (χ1) is 10.7. The number of nitrogens with one attached hydrogen (secondary N) is 1. The van der Waals surface area contributed by atoms with Crippen LogP contribution in [0.25, 0.3) is 11.2 Å². The summed E-state index contributed by atoms with van der Waals surface area (Å²) in [5.74, 6) is -0.00642. The first kappa shape index (κ1) is 16.1. The van der Waals surface area contributed by atoms with Crippen molar-refractivity contribution >= 4 is 24.7 Å². The van der Waals surface area contributed by atoms with Crippen LogP contribution in [-0.4, -0.2) is 47.2 Å². The zero-order chi connectivity index (χ0) is 16.8. The zero-order valence-electron chi connectivity index (χ0n) is 12.2. The molecule has 0 bridgehead atoms. The first-order valence-electron chi connectivity index (χ1n) is 7.10. The van der Waals surface area contributed by atoms with Crippen molar-refractivity contribution in [2.45, 2.75) is 19.4 Å². The number of nitrogens with zero attached hydrogens (tertiary/aromatic N) is 3. The second kappa shape index (κ2) is 5.41. The van der Waals surface area contributed by atoms with E-state index < -0.39 is 18.6 Å². The van der Waals surface area contributed by atoms with Gasteiger partial charge in [-0.15, -0.1) is 0 Å². The molecule has 1 fully saturated rings. The lowest BCUT2D eigenvalue weighted by atomic mass is 10.0. The number of nitrogens with two attached hydrogens (primary N) is 1. The normalized spacial score (nSPS) is 24.2. The van der Waals surface area contributed by atoms with Gasteiger partial charge in [0.2, 0.25) is 5.95 Å². The number of aromatic amines is 1. The number of fused-ring (bicyclic) bond motifs is 1. The monoisotopic (exact) mass is 343 g/mol. The smallest absolute Gasteiger partial charge is 0.325 e. The minimum Gasteiger partial charge on any atom is -0.396 e. The molecule has 1 aliphatic rings. The summed E-state index contributed by atoms with van der Waals surface area (Å²) in [6.45, 7) is 0.249. The Kier molecular flexibility index (Phi) is 3.80. The van der Waals surface area contributed by atoms with Gasteiger partial charge in [0.05, 0.1) is 19.1 Å². The van der Waals surface area contributed by atoms with Crippen LogP contribution in [0.2, 0.25) is 0 Å². The van der Waals surface area contributed by atoms with Gasteiger partial charge in [0.15, 0.2) is 11.2 Å². The average molecular weight is 343 g/mol. The molecule has 6 N–H and O–H groups in total. The van der Waals surface area contributed by atoms with Gasteiger partial charge in [0, 0.05) is 12.0 Å². The highest BCUT2D eigenvalue weighted by molar-refractivity contribution is 7.51. The molecule has 23 heavy (non-hydrogen) atoms. The van der Waals surface area contributed by atoms with Crippen molar-refractivity contribution in [1.29, 1.82) is 0 Å². The van der Waals surface area contributed by atoms with Crippen LogP contribution < -0.4 is 11.3 Å². The second-order valence-corrected chi connectivity index (χ2v) is 7.87. The van der Waals surface area contributed by atoms with Crippen LogP contribution >= 0.6 is 7.60 Å². The summed E-state index contributed by atoms with van der Waals surface area (Å²) in [4.78, 5) is 40.1. The molecule has 2 aromatic heterocycles. The van der Waals surface area contributed by atoms with Crippen LogP contribution in [0, 0.1) is 11.3 Å². The lowest BCUT2D eigenvalue weighted by Gasteiger charge is -2.16. The van der Waals surface area contributed by atoms with Crippen LogP contribution in [0.3, 0.4) is 0 Å². The summed E-state index contributed by atoms with van der Waals surface area (Å²) in [5.41, 5.74) is 5.14. The number of rotatable bonds is 6. The Bertz CT molecular complexity index is 842. The number of aromatic nitrogens is 4. The first-order valence-corrected chi connectivity index (χ1v) is 8.90. The van der Waals surface area contributed by atoms with E-state index in [1.165, 1.54) is 6.33 Å². The topological polar surface area (TPSA) is 167 Å². The van der Waals surface area contributed by atoms with E-state index in [0.717, 1.165) is 0 Å². The molecule has 0 aliphatic heterocycles. The van der Waals surface area contributed by atoms with Gasteiger partial charge < -0.3 is 25.2 Å². The highest BCUT2D eigenvalue weighted by atomic mass is 31.2. The summed E-state index contributed by atoms with van der Waals surface area (Å²) in [6, 6.07) is 0. The molecule has 10 nitrogen and oxygen atoms in total. The van der Waals surface area contributed by atoms with E-state index in [1.807, 2.05) is 0 Å². The molecule has 0 aromatic carbocycles. The molecule has 0 spiro atoms. The van der Waals surface area contributed by atoms with Gasteiger partial charge in [0.25, 0.3) is 5.56 Å². The fourth-order valence-electron chi connectivity index (χ4n) is 3.03. The number of imidazole rings is 1. The maximum atomic E-state index is 11.8. The van der Waals surface area contributed by atoms with Gasteiger partial charge in [-0.2, -0.15) is 4.98 Å². The fourth-order valence-corrected chi connectivity index (χ4v) is 3.68. The van der Waals surface area contributed by atoms with Crippen LogP contribution in [0.15, 0.2) is 11.1 Å². The van der Waals surface area contributed by atoms with Gasteiger partial charge >= 0.3 is 7.60 Å². The van der Waals surface area contributed by atoms with Gasteiger partial charge in [-0.1, -0.05) is 0 Å². The summed E-state index contributed by atoms with van der Waals surface area (Å²) in [5, 5.41) is 9.70. The average Bonchev–Trinajstić information content (AvgIpc) is 3.00. The number of aliphatic hydroxyl groups excluding tert-OH is 1. The van der Waals surface area contributed by atoms with Crippen molar-refractivity contribution < 1.29 is 19.5 Å². The lowest BCUT2D eigenvalue weighted by Crippen LogP contribution is -2.19. The largest absolute Gasteiger partial charge is 0.396 e. The number of hydrogen-bond donors (Lipinski definition) is 5. The van der Waals surface area contributed by atoms with Gasteiger partial charge in [-0.05, 0) is 18.8 Å². The summed E-state index contributed by atoms with van der Waals surface area (Å²) in [7, 11) is -4.04. The van der Waals surface area contributed by atoms with E-state index in [2.05, 4.69) is 15.0 Å². The number of H-pyrrole nitrogens is 1. The lowest BCUT2D eigenvalue weighted by molar-refractivity contribution is 0.180. The molecule has 2 aromatic rings. The standard InChI is InChI=1S/C12H18N5O5P/c13-11-15-9-8(10(19)16-11)14-6-17(9)4-12(5-18)3-7(12)1-2-23(20,21)22/h6-7,18H,1-5H2,(H2,20,21,22)(H3,13,15,16,19)/t7-,12+/m0/s1. The molecule has 0 unspecified atom stereocenters. The Morgan fingerprint density at radius 3 is 2.91 bits per heavy atom. The van der Waals surface area contributed by atoms with Crippen molar-refractivity contribution in [3.05, 3.63) is 16.7 Å². The molecule has 2 heterocycles. The van der Waals surface area contributed by atoms with Crippen molar-refractivity contribution in [3.63, 3.8) is 0 Å². The quantitative estimate of drug-likeness (QED) is 0.428. The summed E-state index contributed by atoms with van der Waals surface area (Å²) < 4.78 is 12.6. The Hall–Kier alpha value is -1.74. The number of hydrogen-bond acceptors (Lipinski definition) is 6. The molecule has 0 amide bonds. The molecule has 1 saturated carbocycles. The molecular weight excluding hydrogens is 325 g/mol. The van der Waals surface area contributed by atoms with E-state index in [9.17, 15) is 14.5 Å². The Morgan fingerprint density at radius 1 is 1.52 bits per heavy atom. The summed E-state index contributed by atoms with van der Waals surface area (Å²) >= 11 is 0. The van der Waals surface area contributed by atoms with Crippen LogP contribution in [-0.2, 0) is 11.1 Å². The van der Waals surface area contributed by atoms with Crippen LogP contribution in [0.1, 0.15) is 12.8 Å². The maximum Gasteiger partial charge on any atom is 0.325 e. The van der Waals surface area contributed by atoms with Crippen molar-refractivity contribution in [2.24, 2.45) is 11.3 Å². The molecule has 1 aliphatic carbocycles. The molecule has 126 valence electrons. The number of aliphatic hydroxyl groups is 1. The van der Waals surface area contributed by atoms with Crippen LogP contribution in [0.5, 0.6) is 0 Å². The Labute approximate surface area is 130 Å². The van der Waals surface area contributed by atoms with Gasteiger partial charge in [0.1, 0.15) is 0 Å². The minimum absolute atomic E-state index is 0.0110. The van der Waals surface area contributed by atoms with Gasteiger partial charge in [-0.25, -0.2) is 4.98 Å². The number of anilines is 1. The molecule has 0 saturated heterocycles. The third-order valence-electron chi connectivity index (χ3n) is 4.42. The highest BCUT2D eigenvalue weighted by Gasteiger charge is 2.53. The molecule has 0 radical (unpaired) electrons. The molecule has 3 rings (SSSR count).